The topological polar surface area (TPSA) is 52.9 Å². The zero-order valence-corrected chi connectivity index (χ0v) is 6.87. The number of carbonyl (C=O) groups is 1. The van der Waals surface area contributed by atoms with Crippen LogP contribution in [0.4, 0.5) is 0 Å². The van der Waals surface area contributed by atoms with Crippen molar-refractivity contribution in [3.63, 3.8) is 0 Å². The summed E-state index contributed by atoms with van der Waals surface area (Å²) in [7, 11) is 0. The number of carbonyl (C=O) groups excluding carboxylic acids is 1. The highest BCUT2D eigenvalue weighted by Gasteiger charge is 2.14. The Bertz CT molecular complexity index is 283. The van der Waals surface area contributed by atoms with Crippen molar-refractivity contribution in [2.45, 2.75) is 19.4 Å². The lowest BCUT2D eigenvalue weighted by Crippen LogP contribution is -2.34. The predicted molar refractivity (Wildman–Crippen MR) is 45.1 cm³/mol. The summed E-state index contributed by atoms with van der Waals surface area (Å²) in [6.07, 6.45) is 6.20. The fraction of sp³-hybridized carbons (Fsp3) is 0.333. The van der Waals surface area contributed by atoms with Gasteiger partial charge in [-0.3, -0.25) is 4.79 Å². The highest BCUT2D eigenvalue weighted by Crippen LogP contribution is 2.11. The van der Waals surface area contributed by atoms with E-state index in [-0.39, 0.29) is 11.9 Å². The van der Waals surface area contributed by atoms with Crippen molar-refractivity contribution in [1.29, 1.82) is 5.26 Å². The maximum Gasteiger partial charge on any atom is 0.217 e. The third-order valence-electron chi connectivity index (χ3n) is 1.67. The molecule has 0 aliphatic heterocycles. The number of amides is 1. The molecule has 1 unspecified atom stereocenters. The molecule has 62 valence electrons. The first-order valence-corrected chi connectivity index (χ1v) is 3.78. The number of allylic oxidation sites excluding steroid dienone is 2. The van der Waals surface area contributed by atoms with Gasteiger partial charge in [0.15, 0.2) is 0 Å². The Morgan fingerprint density at radius 2 is 2.58 bits per heavy atom. The van der Waals surface area contributed by atoms with Crippen molar-refractivity contribution in [3.8, 4) is 6.07 Å². The number of nitrogens with one attached hydrogen (secondary N) is 1. The van der Waals surface area contributed by atoms with Gasteiger partial charge in [0, 0.05) is 6.92 Å². The highest BCUT2D eigenvalue weighted by atomic mass is 16.1. The molecule has 0 saturated carbocycles. The van der Waals surface area contributed by atoms with E-state index < -0.39 is 0 Å². The Kier molecular flexibility index (Phi) is 2.65. The van der Waals surface area contributed by atoms with Gasteiger partial charge in [0.1, 0.15) is 0 Å². The second kappa shape index (κ2) is 3.72. The third kappa shape index (κ3) is 1.96. The van der Waals surface area contributed by atoms with E-state index in [9.17, 15) is 4.79 Å². The summed E-state index contributed by atoms with van der Waals surface area (Å²) in [6, 6.07) is 1.93. The number of nitrogens with zero attached hydrogens (tertiary/aromatic N) is 1. The second-order valence-corrected chi connectivity index (χ2v) is 2.65. The summed E-state index contributed by atoms with van der Waals surface area (Å²) in [5, 5.41) is 11.4. The molecule has 3 nitrogen and oxygen atoms in total. The monoisotopic (exact) mass is 162 g/mol. The molecule has 0 heterocycles. The molecule has 1 rings (SSSR count). The normalized spacial score (nSPS) is 21.0. The largest absolute Gasteiger partial charge is 0.348 e. The van der Waals surface area contributed by atoms with Crippen LogP contribution in [0.25, 0.3) is 0 Å². The highest BCUT2D eigenvalue weighted by molar-refractivity contribution is 5.74. The van der Waals surface area contributed by atoms with Gasteiger partial charge in [-0.1, -0.05) is 12.2 Å². The molecule has 3 heteroatoms. The molecule has 1 aliphatic carbocycles. The maximum absolute atomic E-state index is 10.7. The summed E-state index contributed by atoms with van der Waals surface area (Å²) in [6.45, 7) is 1.45. The number of hydrogen-bond donors (Lipinski definition) is 1. The molecule has 0 fully saturated rings. The Morgan fingerprint density at radius 1 is 1.83 bits per heavy atom. The lowest BCUT2D eigenvalue weighted by Gasteiger charge is -2.16. The van der Waals surface area contributed by atoms with Crippen LogP contribution in [0.1, 0.15) is 13.3 Å². The molecular weight excluding hydrogens is 152 g/mol. The maximum atomic E-state index is 10.7. The van der Waals surface area contributed by atoms with E-state index in [1.165, 1.54) is 6.92 Å². The van der Waals surface area contributed by atoms with Crippen LogP contribution in [0.5, 0.6) is 0 Å². The minimum Gasteiger partial charge on any atom is -0.348 e. The van der Waals surface area contributed by atoms with Crippen molar-refractivity contribution in [2.75, 3.05) is 0 Å². The molecular formula is C9H10N2O. The van der Waals surface area contributed by atoms with E-state index in [2.05, 4.69) is 11.4 Å². The molecule has 0 aromatic rings. The van der Waals surface area contributed by atoms with Gasteiger partial charge in [-0.05, 0) is 12.5 Å². The van der Waals surface area contributed by atoms with Crippen LogP contribution in [0.15, 0.2) is 23.8 Å². The van der Waals surface area contributed by atoms with Crippen molar-refractivity contribution >= 4 is 5.91 Å². The molecule has 1 N–H and O–H groups in total. The minimum absolute atomic E-state index is 0.101. The predicted octanol–water partition coefficient (Wildman–Crippen LogP) is 0.901. The molecule has 0 spiro atoms. The second-order valence-electron chi connectivity index (χ2n) is 2.65. The van der Waals surface area contributed by atoms with Crippen molar-refractivity contribution in [2.24, 2.45) is 0 Å². The Morgan fingerprint density at radius 3 is 3.17 bits per heavy atom. The van der Waals surface area contributed by atoms with Gasteiger partial charge in [0.25, 0.3) is 0 Å². The van der Waals surface area contributed by atoms with Gasteiger partial charge in [-0.15, -0.1) is 0 Å². The van der Waals surface area contributed by atoms with E-state index in [1.807, 2.05) is 12.2 Å². The van der Waals surface area contributed by atoms with Crippen molar-refractivity contribution in [1.82, 2.24) is 5.32 Å². The average Bonchev–Trinajstić information content (AvgIpc) is 2.04. The molecule has 1 amide bonds. The summed E-state index contributed by atoms with van der Waals surface area (Å²) < 4.78 is 0. The fourth-order valence-electron chi connectivity index (χ4n) is 1.13. The average molecular weight is 162 g/mol. The first-order valence-electron chi connectivity index (χ1n) is 3.78. The SMILES string of the molecule is CC(=O)NC1CC=CC=C1C#N. The Labute approximate surface area is 71.4 Å². The van der Waals surface area contributed by atoms with Crippen LogP contribution in [0.2, 0.25) is 0 Å². The van der Waals surface area contributed by atoms with E-state index in [0.29, 0.717) is 12.0 Å². The van der Waals surface area contributed by atoms with Crippen LogP contribution in [-0.4, -0.2) is 11.9 Å². The molecule has 0 aromatic heterocycles. The van der Waals surface area contributed by atoms with Gasteiger partial charge < -0.3 is 5.32 Å². The van der Waals surface area contributed by atoms with Gasteiger partial charge in [0.05, 0.1) is 17.7 Å². The minimum atomic E-state index is -0.127. The zero-order chi connectivity index (χ0) is 8.97. The molecule has 12 heavy (non-hydrogen) atoms. The molecule has 0 bridgehead atoms. The lowest BCUT2D eigenvalue weighted by atomic mass is 10.0. The summed E-state index contributed by atoms with van der Waals surface area (Å²) in [5.41, 5.74) is 0.618. The third-order valence-corrected chi connectivity index (χ3v) is 1.67. The van der Waals surface area contributed by atoms with Gasteiger partial charge in [-0.25, -0.2) is 0 Å². The fourth-order valence-corrected chi connectivity index (χ4v) is 1.13. The Balaban J connectivity index is 2.68. The number of rotatable bonds is 1. The van der Waals surface area contributed by atoms with Crippen LogP contribution >= 0.6 is 0 Å². The lowest BCUT2D eigenvalue weighted by molar-refractivity contribution is -0.119. The smallest absolute Gasteiger partial charge is 0.217 e. The van der Waals surface area contributed by atoms with E-state index in [4.69, 9.17) is 5.26 Å². The molecule has 0 aromatic carbocycles. The van der Waals surface area contributed by atoms with Crippen LogP contribution in [0.3, 0.4) is 0 Å². The number of hydrogen-bond acceptors (Lipinski definition) is 2. The Hall–Kier alpha value is -1.56. The first-order chi connectivity index (χ1) is 5.74. The standard InChI is InChI=1S/C9H10N2O/c1-7(12)11-9-5-3-2-4-8(9)6-10/h2-4,9H,5H2,1H3,(H,11,12). The van der Waals surface area contributed by atoms with E-state index >= 15 is 0 Å². The quantitative estimate of drug-likeness (QED) is 0.622. The van der Waals surface area contributed by atoms with Crippen molar-refractivity contribution < 1.29 is 4.79 Å². The first kappa shape index (κ1) is 8.54. The molecule has 0 saturated heterocycles. The van der Waals surface area contributed by atoms with E-state index in [0.717, 1.165) is 0 Å². The van der Waals surface area contributed by atoms with Gasteiger partial charge >= 0.3 is 0 Å². The summed E-state index contributed by atoms with van der Waals surface area (Å²) >= 11 is 0. The van der Waals surface area contributed by atoms with Gasteiger partial charge in [0.2, 0.25) is 5.91 Å². The van der Waals surface area contributed by atoms with E-state index in [1.54, 1.807) is 6.08 Å². The molecule has 0 radical (unpaired) electrons. The summed E-state index contributed by atoms with van der Waals surface area (Å²) in [5.74, 6) is -0.101. The van der Waals surface area contributed by atoms with Crippen LogP contribution in [0, 0.1) is 11.3 Å². The van der Waals surface area contributed by atoms with Crippen LogP contribution in [-0.2, 0) is 4.79 Å². The molecule has 1 atom stereocenters. The van der Waals surface area contributed by atoms with Crippen molar-refractivity contribution in [3.05, 3.63) is 23.8 Å². The number of nitriles is 1. The van der Waals surface area contributed by atoms with Crippen LogP contribution < -0.4 is 5.32 Å². The zero-order valence-electron chi connectivity index (χ0n) is 6.87. The summed E-state index contributed by atoms with van der Waals surface area (Å²) in [4.78, 5) is 10.7. The van der Waals surface area contributed by atoms with Gasteiger partial charge in [-0.2, -0.15) is 5.26 Å². The molecule has 1 aliphatic rings.